The molecule has 2 aromatic carbocycles. The highest BCUT2D eigenvalue weighted by atomic mass is 35.5. The number of amides is 1. The first-order valence-electron chi connectivity index (χ1n) is 9.62. The molecule has 0 bridgehead atoms. The Kier molecular flexibility index (Phi) is 9.91. The van der Waals surface area contributed by atoms with E-state index in [1.54, 1.807) is 24.1 Å². The average Bonchev–Trinajstić information content (AvgIpc) is 3.18. The van der Waals surface area contributed by atoms with Gasteiger partial charge in [-0.3, -0.25) is 4.79 Å². The summed E-state index contributed by atoms with van der Waals surface area (Å²) in [5, 5.41) is 11.9. The lowest BCUT2D eigenvalue weighted by Gasteiger charge is -2.23. The molecule has 0 saturated carbocycles. The molecule has 0 atom stereocenters. The molecule has 8 heteroatoms. The first-order chi connectivity index (χ1) is 14.8. The summed E-state index contributed by atoms with van der Waals surface area (Å²) in [6, 6.07) is 16.8. The van der Waals surface area contributed by atoms with E-state index in [0.29, 0.717) is 13.0 Å². The van der Waals surface area contributed by atoms with Crippen LogP contribution in [0, 0.1) is 13.8 Å². The van der Waals surface area contributed by atoms with Gasteiger partial charge in [0, 0.05) is 23.0 Å². The predicted octanol–water partition coefficient (Wildman–Crippen LogP) is 6.18. The van der Waals surface area contributed by atoms with Crippen LogP contribution in [0.3, 0.4) is 0 Å². The molecule has 5 nitrogen and oxygen atoms in total. The number of carboxylic acids is 1. The summed E-state index contributed by atoms with van der Waals surface area (Å²) in [6.07, 6.45) is 0.577. The molecule has 164 valence electrons. The standard InChI is InChI=1S/C14H16ClNS2.C9H9NO3/c1-4-16(18-14-9-8-10(2)17-14)13-7-5-6-12(15)11(13)3;11-6-10-5-7-2-1-3-8(4-7)9(12)13/h5-9H,4H2,1-3H3;1-4,6H,5H2,(H,10,11)(H,12,13). The minimum atomic E-state index is -0.965. The largest absolute Gasteiger partial charge is 0.478 e. The molecule has 0 saturated heterocycles. The van der Waals surface area contributed by atoms with E-state index in [9.17, 15) is 9.59 Å². The average molecular weight is 477 g/mol. The van der Waals surface area contributed by atoms with Crippen molar-refractivity contribution in [3.63, 3.8) is 0 Å². The van der Waals surface area contributed by atoms with Gasteiger partial charge in [-0.1, -0.05) is 29.8 Å². The van der Waals surface area contributed by atoms with E-state index in [-0.39, 0.29) is 5.56 Å². The maximum absolute atomic E-state index is 10.5. The highest BCUT2D eigenvalue weighted by Crippen LogP contribution is 2.36. The Bertz CT molecular complexity index is 1020. The van der Waals surface area contributed by atoms with E-state index in [1.165, 1.54) is 26.9 Å². The van der Waals surface area contributed by atoms with Gasteiger partial charge in [-0.25, -0.2) is 4.79 Å². The van der Waals surface area contributed by atoms with Gasteiger partial charge in [0.1, 0.15) is 0 Å². The van der Waals surface area contributed by atoms with Crippen LogP contribution < -0.4 is 9.62 Å². The van der Waals surface area contributed by atoms with Gasteiger partial charge >= 0.3 is 5.97 Å². The summed E-state index contributed by atoms with van der Waals surface area (Å²) >= 11 is 9.79. The van der Waals surface area contributed by atoms with Gasteiger partial charge in [-0.2, -0.15) is 0 Å². The van der Waals surface area contributed by atoms with Gasteiger partial charge in [0.25, 0.3) is 0 Å². The van der Waals surface area contributed by atoms with Crippen LogP contribution in [-0.4, -0.2) is 24.0 Å². The molecule has 1 amide bonds. The molecule has 0 aliphatic heterocycles. The first kappa shape index (κ1) is 24.8. The number of halogens is 1. The van der Waals surface area contributed by atoms with Crippen molar-refractivity contribution in [2.24, 2.45) is 0 Å². The van der Waals surface area contributed by atoms with Crippen LogP contribution in [0.15, 0.2) is 58.8 Å². The number of rotatable bonds is 8. The lowest BCUT2D eigenvalue weighted by Crippen LogP contribution is -2.13. The molecule has 0 radical (unpaired) electrons. The number of thiophene rings is 1. The van der Waals surface area contributed by atoms with Crippen molar-refractivity contribution in [2.45, 2.75) is 31.5 Å². The van der Waals surface area contributed by atoms with Crippen molar-refractivity contribution >= 4 is 53.0 Å². The summed E-state index contributed by atoms with van der Waals surface area (Å²) in [7, 11) is 0. The fourth-order valence-corrected chi connectivity index (χ4v) is 5.04. The van der Waals surface area contributed by atoms with Crippen LogP contribution >= 0.6 is 34.9 Å². The summed E-state index contributed by atoms with van der Waals surface area (Å²) in [5.41, 5.74) is 3.33. The number of hydrogen-bond donors (Lipinski definition) is 2. The van der Waals surface area contributed by atoms with E-state index >= 15 is 0 Å². The number of benzene rings is 2. The van der Waals surface area contributed by atoms with Crippen LogP contribution in [0.25, 0.3) is 0 Å². The highest BCUT2D eigenvalue weighted by Gasteiger charge is 2.12. The second-order valence-corrected chi connectivity index (χ2v) is 9.56. The van der Waals surface area contributed by atoms with E-state index < -0.39 is 5.97 Å². The number of carboxylic acid groups (broad SMARTS) is 1. The summed E-state index contributed by atoms with van der Waals surface area (Å²) < 4.78 is 3.60. The number of aryl methyl sites for hydroxylation is 1. The third kappa shape index (κ3) is 7.61. The Morgan fingerprint density at radius 3 is 2.55 bits per heavy atom. The summed E-state index contributed by atoms with van der Waals surface area (Å²) in [5.74, 6) is -0.965. The fraction of sp³-hybridized carbons (Fsp3) is 0.217. The van der Waals surface area contributed by atoms with Crippen molar-refractivity contribution in [3.8, 4) is 0 Å². The zero-order valence-electron chi connectivity index (χ0n) is 17.6. The number of nitrogens with one attached hydrogen (secondary N) is 1. The molecule has 0 spiro atoms. The maximum atomic E-state index is 10.5. The lowest BCUT2D eigenvalue weighted by molar-refractivity contribution is -0.109. The molecular formula is C23H25ClN2O3S2. The van der Waals surface area contributed by atoms with E-state index in [4.69, 9.17) is 16.7 Å². The van der Waals surface area contributed by atoms with Crippen molar-refractivity contribution < 1.29 is 14.7 Å². The van der Waals surface area contributed by atoms with Gasteiger partial charge < -0.3 is 14.7 Å². The van der Waals surface area contributed by atoms with Gasteiger partial charge in [-0.15, -0.1) is 11.3 Å². The summed E-state index contributed by atoms with van der Waals surface area (Å²) in [6.45, 7) is 7.66. The minimum absolute atomic E-state index is 0.227. The van der Waals surface area contributed by atoms with Crippen LogP contribution in [0.5, 0.6) is 0 Å². The Balaban J connectivity index is 0.000000233. The molecule has 0 aliphatic rings. The Hall–Kier alpha value is -2.48. The summed E-state index contributed by atoms with van der Waals surface area (Å²) in [4.78, 5) is 21.9. The number of anilines is 1. The molecule has 1 heterocycles. The molecule has 0 aliphatic carbocycles. The number of nitrogens with zero attached hydrogens (tertiary/aromatic N) is 1. The fourth-order valence-electron chi connectivity index (χ4n) is 2.69. The molecule has 3 rings (SSSR count). The van der Waals surface area contributed by atoms with Crippen molar-refractivity contribution in [1.82, 2.24) is 5.32 Å². The zero-order chi connectivity index (χ0) is 22.8. The van der Waals surface area contributed by atoms with Crippen molar-refractivity contribution in [3.05, 3.63) is 81.2 Å². The Labute approximate surface area is 196 Å². The Morgan fingerprint density at radius 2 is 1.94 bits per heavy atom. The molecular weight excluding hydrogens is 452 g/mol. The van der Waals surface area contributed by atoms with E-state index in [2.05, 4.69) is 48.6 Å². The van der Waals surface area contributed by atoms with Gasteiger partial charge in [0.2, 0.25) is 6.41 Å². The van der Waals surface area contributed by atoms with Gasteiger partial charge in [-0.05, 0) is 80.2 Å². The van der Waals surface area contributed by atoms with Gasteiger partial charge in [0.15, 0.2) is 0 Å². The third-order valence-electron chi connectivity index (χ3n) is 4.27. The highest BCUT2D eigenvalue weighted by molar-refractivity contribution is 8.02. The molecule has 0 unspecified atom stereocenters. The maximum Gasteiger partial charge on any atom is 0.335 e. The smallest absolute Gasteiger partial charge is 0.335 e. The number of aromatic carboxylic acids is 1. The quantitative estimate of drug-likeness (QED) is 0.300. The number of carbonyl (C=O) groups excluding carboxylic acids is 1. The third-order valence-corrected chi connectivity index (χ3v) is 6.94. The predicted molar refractivity (Wildman–Crippen MR) is 130 cm³/mol. The van der Waals surface area contributed by atoms with Crippen molar-refractivity contribution in [1.29, 1.82) is 0 Å². The number of carbonyl (C=O) groups is 2. The Morgan fingerprint density at radius 1 is 1.19 bits per heavy atom. The molecule has 0 fully saturated rings. The van der Waals surface area contributed by atoms with E-state index in [1.807, 2.05) is 23.5 Å². The molecule has 31 heavy (non-hydrogen) atoms. The zero-order valence-corrected chi connectivity index (χ0v) is 20.0. The normalized spacial score (nSPS) is 10.1. The molecule has 1 aromatic heterocycles. The van der Waals surface area contributed by atoms with Crippen LogP contribution in [0.2, 0.25) is 5.02 Å². The van der Waals surface area contributed by atoms with Crippen LogP contribution in [0.4, 0.5) is 5.69 Å². The molecule has 3 aromatic rings. The molecule has 2 N–H and O–H groups in total. The van der Waals surface area contributed by atoms with Crippen LogP contribution in [-0.2, 0) is 11.3 Å². The second kappa shape index (κ2) is 12.4. The second-order valence-electron chi connectivity index (χ2n) is 6.54. The monoisotopic (exact) mass is 476 g/mol. The first-order valence-corrected chi connectivity index (χ1v) is 11.6. The van der Waals surface area contributed by atoms with Crippen LogP contribution in [0.1, 0.15) is 33.3 Å². The number of hydrogen-bond acceptors (Lipinski definition) is 5. The SMILES string of the molecule is CCN(Sc1ccc(C)s1)c1cccc(Cl)c1C.O=CNCc1cccc(C(=O)O)c1. The van der Waals surface area contributed by atoms with Gasteiger partial charge in [0.05, 0.1) is 15.5 Å². The van der Waals surface area contributed by atoms with E-state index in [0.717, 1.165) is 22.7 Å². The topological polar surface area (TPSA) is 69.6 Å². The lowest BCUT2D eigenvalue weighted by atomic mass is 10.1. The van der Waals surface area contributed by atoms with Crippen molar-refractivity contribution in [2.75, 3.05) is 10.8 Å². The minimum Gasteiger partial charge on any atom is -0.478 e.